The van der Waals surface area contributed by atoms with Crippen LogP contribution in [0.1, 0.15) is 13.3 Å². The summed E-state index contributed by atoms with van der Waals surface area (Å²) in [7, 11) is 0. The van der Waals surface area contributed by atoms with Crippen LogP contribution >= 0.6 is 90.4 Å². The lowest BCUT2D eigenvalue weighted by molar-refractivity contribution is 0.571. The van der Waals surface area contributed by atoms with E-state index in [9.17, 15) is 0 Å². The molecule has 4 unspecified atom stereocenters. The largest absolute Gasteiger partial charge is 0.0852 e. The van der Waals surface area contributed by atoms with E-state index in [4.69, 9.17) is 0 Å². The van der Waals surface area contributed by atoms with E-state index in [1.165, 1.54) is 10.8 Å². The van der Waals surface area contributed by atoms with Crippen LogP contribution in [0.15, 0.2) is 11.6 Å². The van der Waals surface area contributed by atoms with Gasteiger partial charge in [0.25, 0.3) is 0 Å². The second-order valence-electron chi connectivity index (χ2n) is 3.40. The number of hydrogen-bond acceptors (Lipinski definition) is 0. The molecule has 0 radical (unpaired) electrons. The number of halogens is 4. The van der Waals surface area contributed by atoms with Gasteiger partial charge in [-0.25, -0.2) is 0 Å². The molecule has 0 bridgehead atoms. The zero-order valence-corrected chi connectivity index (χ0v) is 15.9. The Hall–Kier alpha value is 2.66. The summed E-state index contributed by atoms with van der Waals surface area (Å²) >= 11 is 10.3. The fourth-order valence-corrected chi connectivity index (χ4v) is 4.34. The van der Waals surface area contributed by atoms with Crippen LogP contribution in [-0.2, 0) is 0 Å². The molecule has 13 heavy (non-hydrogen) atoms. The zero-order chi connectivity index (χ0) is 10.0. The van der Waals surface area contributed by atoms with Crippen molar-refractivity contribution in [1.29, 1.82) is 0 Å². The third kappa shape index (κ3) is 3.86. The maximum atomic E-state index is 2.61. The molecule has 0 nitrogen and oxygen atoms in total. The fraction of sp³-hybridized carbons (Fsp3) is 0.778. The Balaban J connectivity index is 2.71. The van der Waals surface area contributed by atoms with Crippen molar-refractivity contribution < 1.29 is 0 Å². The molecule has 0 spiro atoms. The van der Waals surface area contributed by atoms with Gasteiger partial charge in [0.15, 0.2) is 0 Å². The second kappa shape index (κ2) is 6.41. The van der Waals surface area contributed by atoms with Gasteiger partial charge in [0.05, 0.1) is 0 Å². The van der Waals surface area contributed by atoms with Gasteiger partial charge in [0, 0.05) is 16.2 Å². The fourth-order valence-electron chi connectivity index (χ4n) is 1.53. The molecule has 0 aromatic carbocycles. The molecular formula is C9H12I4. The van der Waals surface area contributed by atoms with Crippen LogP contribution in [0.5, 0.6) is 0 Å². The van der Waals surface area contributed by atoms with Crippen molar-refractivity contribution >= 4 is 90.4 Å². The molecule has 4 atom stereocenters. The summed E-state index contributed by atoms with van der Waals surface area (Å²) in [6.07, 6.45) is 3.87. The zero-order valence-electron chi connectivity index (χ0n) is 7.31. The van der Waals surface area contributed by atoms with E-state index in [-0.39, 0.29) is 0 Å². The quantitative estimate of drug-likeness (QED) is 0.235. The molecule has 1 aliphatic carbocycles. The van der Waals surface area contributed by atoms with Crippen LogP contribution < -0.4 is 0 Å². The summed E-state index contributed by atoms with van der Waals surface area (Å²) < 4.78 is 3.66. The van der Waals surface area contributed by atoms with Gasteiger partial charge >= 0.3 is 0 Å². The summed E-state index contributed by atoms with van der Waals surface area (Å²) in [5.41, 5.74) is 1.59. The molecule has 0 saturated heterocycles. The first-order valence-electron chi connectivity index (χ1n) is 4.22. The summed E-state index contributed by atoms with van der Waals surface area (Å²) in [5, 5.41) is 0. The normalized spacial score (nSPS) is 37.0. The number of alkyl halides is 4. The van der Waals surface area contributed by atoms with Gasteiger partial charge in [-0.2, -0.15) is 0 Å². The average molecular weight is 628 g/mol. The van der Waals surface area contributed by atoms with E-state index in [0.717, 1.165) is 17.7 Å². The molecule has 0 aliphatic heterocycles. The first kappa shape index (κ1) is 13.7. The SMILES string of the molecule is CC1=CC(C(I)CI)CC(I)C1I. The van der Waals surface area contributed by atoms with E-state index < -0.39 is 0 Å². The summed E-state index contributed by atoms with van der Waals surface area (Å²) in [6, 6.07) is 0. The highest BCUT2D eigenvalue weighted by atomic mass is 127. The first-order valence-corrected chi connectivity index (χ1v) is 9.49. The van der Waals surface area contributed by atoms with E-state index in [1.807, 2.05) is 0 Å². The van der Waals surface area contributed by atoms with E-state index in [2.05, 4.69) is 103 Å². The molecule has 0 aromatic heterocycles. The lowest BCUT2D eigenvalue weighted by atomic mass is 9.89. The molecule has 1 rings (SSSR count). The first-order chi connectivity index (χ1) is 6.06. The predicted molar refractivity (Wildman–Crippen MR) is 94.2 cm³/mol. The van der Waals surface area contributed by atoms with Crippen LogP contribution in [0.25, 0.3) is 0 Å². The molecule has 1 aliphatic rings. The van der Waals surface area contributed by atoms with E-state index >= 15 is 0 Å². The lowest BCUT2D eigenvalue weighted by Gasteiger charge is -2.30. The third-order valence-corrected chi connectivity index (χ3v) is 10.8. The average Bonchev–Trinajstić information content (AvgIpc) is 2.12. The van der Waals surface area contributed by atoms with Crippen LogP contribution in [0, 0.1) is 5.92 Å². The topological polar surface area (TPSA) is 0 Å². The van der Waals surface area contributed by atoms with Crippen molar-refractivity contribution in [1.82, 2.24) is 0 Å². The molecule has 0 heterocycles. The molecule has 0 fully saturated rings. The minimum Gasteiger partial charge on any atom is -0.0852 e. The van der Waals surface area contributed by atoms with Gasteiger partial charge < -0.3 is 0 Å². The molecule has 0 N–H and O–H groups in total. The monoisotopic (exact) mass is 628 g/mol. The molecule has 0 saturated carbocycles. The summed E-state index contributed by atoms with van der Waals surface area (Å²) in [5.74, 6) is 0.811. The Labute approximate surface area is 135 Å². The number of rotatable bonds is 2. The van der Waals surface area contributed by atoms with Crippen molar-refractivity contribution in [2.24, 2.45) is 5.92 Å². The number of allylic oxidation sites excluding steroid dienone is 2. The Morgan fingerprint density at radius 1 is 1.54 bits per heavy atom. The van der Waals surface area contributed by atoms with Gasteiger partial charge in [-0.1, -0.05) is 102 Å². The third-order valence-electron chi connectivity index (χ3n) is 2.34. The van der Waals surface area contributed by atoms with Crippen LogP contribution in [-0.4, -0.2) is 16.2 Å². The maximum absolute atomic E-state index is 2.61. The minimum absolute atomic E-state index is 0.757. The van der Waals surface area contributed by atoms with Crippen LogP contribution in [0.3, 0.4) is 0 Å². The molecule has 0 aromatic rings. The molecule has 76 valence electrons. The highest BCUT2D eigenvalue weighted by Crippen LogP contribution is 2.37. The Bertz CT molecular complexity index is 202. The predicted octanol–water partition coefficient (Wildman–Crippen LogP) is 4.80. The second-order valence-corrected chi connectivity index (χ2v) is 8.82. The van der Waals surface area contributed by atoms with E-state index in [0.29, 0.717) is 0 Å². The van der Waals surface area contributed by atoms with Gasteiger partial charge in [0.2, 0.25) is 0 Å². The van der Waals surface area contributed by atoms with Gasteiger partial charge in [-0.15, -0.1) is 0 Å². The Morgan fingerprint density at radius 2 is 2.15 bits per heavy atom. The number of hydrogen-bond donors (Lipinski definition) is 0. The standard InChI is InChI=1S/C9H12I4/c1-5-2-6(8(12)4-10)3-7(11)9(5)13/h2,6-9H,3-4H2,1H3. The molecule has 0 amide bonds. The van der Waals surface area contributed by atoms with E-state index in [1.54, 1.807) is 5.57 Å². The van der Waals surface area contributed by atoms with Gasteiger partial charge in [-0.3, -0.25) is 0 Å². The maximum Gasteiger partial charge on any atom is 0.0434 e. The van der Waals surface area contributed by atoms with Crippen molar-refractivity contribution in [2.75, 3.05) is 4.43 Å². The molecule has 4 heteroatoms. The van der Waals surface area contributed by atoms with Crippen LogP contribution in [0.2, 0.25) is 0 Å². The Kier molecular flexibility index (Phi) is 6.77. The van der Waals surface area contributed by atoms with Crippen molar-refractivity contribution in [3.8, 4) is 0 Å². The molecular weight excluding hydrogens is 616 g/mol. The Morgan fingerprint density at radius 3 is 2.62 bits per heavy atom. The highest BCUT2D eigenvalue weighted by Gasteiger charge is 2.29. The van der Waals surface area contributed by atoms with Crippen molar-refractivity contribution in [2.45, 2.75) is 25.1 Å². The summed E-state index contributed by atoms with van der Waals surface area (Å²) in [6.45, 7) is 2.28. The lowest BCUT2D eigenvalue weighted by Crippen LogP contribution is -2.28. The smallest absolute Gasteiger partial charge is 0.0434 e. The van der Waals surface area contributed by atoms with Crippen LogP contribution in [0.4, 0.5) is 0 Å². The minimum atomic E-state index is 0.757. The highest BCUT2D eigenvalue weighted by molar-refractivity contribution is 14.1. The van der Waals surface area contributed by atoms with Crippen molar-refractivity contribution in [3.05, 3.63) is 11.6 Å². The van der Waals surface area contributed by atoms with Gasteiger partial charge in [0.1, 0.15) is 0 Å². The summed E-state index contributed by atoms with van der Waals surface area (Å²) in [4.78, 5) is 0. The van der Waals surface area contributed by atoms with Crippen molar-refractivity contribution in [3.63, 3.8) is 0 Å². The van der Waals surface area contributed by atoms with Gasteiger partial charge in [-0.05, 0) is 19.3 Å².